The first-order chi connectivity index (χ1) is 8.90. The zero-order valence-corrected chi connectivity index (χ0v) is 12.0. The van der Waals surface area contributed by atoms with Gasteiger partial charge in [-0.25, -0.2) is 0 Å². The van der Waals surface area contributed by atoms with Gasteiger partial charge in [0.05, 0.1) is 12.2 Å². The largest absolute Gasteiger partial charge is 0.381 e. The van der Waals surface area contributed by atoms with Crippen LogP contribution in [0.15, 0.2) is 0 Å². The topological polar surface area (TPSA) is 18.5 Å². The van der Waals surface area contributed by atoms with Crippen LogP contribution in [-0.4, -0.2) is 25.9 Å². The highest BCUT2D eigenvalue weighted by atomic mass is 16.5. The second-order valence-electron chi connectivity index (χ2n) is 5.87. The van der Waals surface area contributed by atoms with Crippen LogP contribution < -0.4 is 0 Å². The molecule has 0 N–H and O–H groups in total. The Bertz CT molecular complexity index is 207. The van der Waals surface area contributed by atoms with E-state index in [2.05, 4.69) is 0 Å². The highest BCUT2D eigenvalue weighted by molar-refractivity contribution is 5.00. The lowest BCUT2D eigenvalue weighted by atomic mass is 9.85. The summed E-state index contributed by atoms with van der Waals surface area (Å²) in [5.74, 6) is 1.68. The Labute approximate surface area is 112 Å². The summed E-state index contributed by atoms with van der Waals surface area (Å²) in [6.07, 6.45) is 15.4. The van der Waals surface area contributed by atoms with Crippen LogP contribution in [0.25, 0.3) is 0 Å². The molecule has 1 heterocycles. The molecule has 1 saturated carbocycles. The molecule has 2 fully saturated rings. The summed E-state index contributed by atoms with van der Waals surface area (Å²) < 4.78 is 11.5. The molecule has 2 aliphatic rings. The van der Waals surface area contributed by atoms with E-state index in [1.54, 1.807) is 5.92 Å². The minimum Gasteiger partial charge on any atom is -0.381 e. The standard InChI is InChI=1S/C16H29O2/c1-17-15-11-12-18-16(13-15)14-9-7-5-3-2-4-6-8-10-14/h15-16H,2-13H2,1H3. The third-order valence-electron chi connectivity index (χ3n) is 4.52. The molecule has 0 aromatic rings. The predicted octanol–water partition coefficient (Wildman–Crippen LogP) is 4.28. The van der Waals surface area contributed by atoms with Crippen LogP contribution in [0.1, 0.15) is 70.6 Å². The maximum absolute atomic E-state index is 6.00. The molecule has 0 bridgehead atoms. The highest BCUT2D eigenvalue weighted by Crippen LogP contribution is 2.32. The van der Waals surface area contributed by atoms with Gasteiger partial charge in [-0.05, 0) is 19.3 Å². The van der Waals surface area contributed by atoms with E-state index in [0.717, 1.165) is 19.4 Å². The van der Waals surface area contributed by atoms with E-state index in [1.165, 1.54) is 57.8 Å². The van der Waals surface area contributed by atoms with Gasteiger partial charge in [0.1, 0.15) is 0 Å². The number of methoxy groups -OCH3 is 1. The number of hydrogen-bond acceptors (Lipinski definition) is 2. The van der Waals surface area contributed by atoms with Gasteiger partial charge in [0.25, 0.3) is 0 Å². The van der Waals surface area contributed by atoms with Crippen LogP contribution in [0, 0.1) is 5.92 Å². The summed E-state index contributed by atoms with van der Waals surface area (Å²) in [5, 5.41) is 0. The molecule has 2 unspecified atom stereocenters. The Hall–Kier alpha value is -0.0800. The lowest BCUT2D eigenvalue weighted by Crippen LogP contribution is -2.34. The normalized spacial score (nSPS) is 33.2. The van der Waals surface area contributed by atoms with Gasteiger partial charge in [0.15, 0.2) is 0 Å². The van der Waals surface area contributed by atoms with Crippen LogP contribution in [0.2, 0.25) is 0 Å². The molecule has 18 heavy (non-hydrogen) atoms. The van der Waals surface area contributed by atoms with E-state index in [1.807, 2.05) is 7.11 Å². The average molecular weight is 253 g/mol. The summed E-state index contributed by atoms with van der Waals surface area (Å²) >= 11 is 0. The van der Waals surface area contributed by atoms with Crippen LogP contribution in [-0.2, 0) is 9.47 Å². The van der Waals surface area contributed by atoms with E-state index in [-0.39, 0.29) is 0 Å². The molecule has 1 aliphatic carbocycles. The van der Waals surface area contributed by atoms with E-state index in [4.69, 9.17) is 9.47 Å². The van der Waals surface area contributed by atoms with Crippen molar-refractivity contribution in [2.75, 3.05) is 13.7 Å². The van der Waals surface area contributed by atoms with Crippen molar-refractivity contribution in [1.82, 2.24) is 0 Å². The van der Waals surface area contributed by atoms with E-state index in [9.17, 15) is 0 Å². The molecule has 2 nitrogen and oxygen atoms in total. The fraction of sp³-hybridized carbons (Fsp3) is 0.938. The third kappa shape index (κ3) is 4.55. The van der Waals surface area contributed by atoms with Gasteiger partial charge < -0.3 is 9.47 Å². The lowest BCUT2D eigenvalue weighted by Gasteiger charge is -2.34. The summed E-state index contributed by atoms with van der Waals surface area (Å²) in [6, 6.07) is 0. The number of ether oxygens (including phenoxy) is 2. The summed E-state index contributed by atoms with van der Waals surface area (Å²) in [5.41, 5.74) is 0. The Morgan fingerprint density at radius 3 is 2.17 bits per heavy atom. The minimum absolute atomic E-state index is 0.392. The van der Waals surface area contributed by atoms with Gasteiger partial charge in [0, 0.05) is 26.1 Å². The Morgan fingerprint density at radius 2 is 1.56 bits per heavy atom. The quantitative estimate of drug-likeness (QED) is 0.731. The summed E-state index contributed by atoms with van der Waals surface area (Å²) in [4.78, 5) is 0. The predicted molar refractivity (Wildman–Crippen MR) is 74.6 cm³/mol. The zero-order chi connectivity index (χ0) is 12.6. The molecule has 0 spiro atoms. The fourth-order valence-corrected chi connectivity index (χ4v) is 3.30. The molecule has 0 amide bonds. The molecule has 105 valence electrons. The first kappa shape index (κ1) is 14.3. The van der Waals surface area contributed by atoms with E-state index in [0.29, 0.717) is 12.2 Å². The van der Waals surface area contributed by atoms with Gasteiger partial charge in [0.2, 0.25) is 0 Å². The third-order valence-corrected chi connectivity index (χ3v) is 4.52. The maximum Gasteiger partial charge on any atom is 0.0662 e. The number of rotatable bonds is 2. The second kappa shape index (κ2) is 8.16. The van der Waals surface area contributed by atoms with Gasteiger partial charge in [-0.2, -0.15) is 0 Å². The van der Waals surface area contributed by atoms with E-state index < -0.39 is 0 Å². The minimum atomic E-state index is 0.392. The first-order valence-corrected chi connectivity index (χ1v) is 7.89. The number of hydrogen-bond donors (Lipinski definition) is 0. The second-order valence-corrected chi connectivity index (χ2v) is 5.87. The van der Waals surface area contributed by atoms with Gasteiger partial charge in [-0.1, -0.05) is 44.9 Å². The van der Waals surface area contributed by atoms with Crippen molar-refractivity contribution < 1.29 is 9.47 Å². The van der Waals surface area contributed by atoms with Crippen molar-refractivity contribution in [3.63, 3.8) is 0 Å². The fourth-order valence-electron chi connectivity index (χ4n) is 3.30. The maximum atomic E-state index is 6.00. The summed E-state index contributed by atoms with van der Waals surface area (Å²) in [6.45, 7) is 0.882. The molecule has 1 saturated heterocycles. The zero-order valence-electron chi connectivity index (χ0n) is 12.0. The van der Waals surface area contributed by atoms with Crippen molar-refractivity contribution in [3.05, 3.63) is 5.92 Å². The van der Waals surface area contributed by atoms with Gasteiger partial charge in [-0.15, -0.1) is 0 Å². The molecule has 0 aromatic carbocycles. The molecule has 1 radical (unpaired) electrons. The van der Waals surface area contributed by atoms with Crippen LogP contribution in [0.5, 0.6) is 0 Å². The molecule has 2 atom stereocenters. The smallest absolute Gasteiger partial charge is 0.0662 e. The Kier molecular flexibility index (Phi) is 6.50. The highest BCUT2D eigenvalue weighted by Gasteiger charge is 2.29. The van der Waals surface area contributed by atoms with Gasteiger partial charge >= 0.3 is 0 Å². The van der Waals surface area contributed by atoms with Crippen LogP contribution >= 0.6 is 0 Å². The molecule has 2 rings (SSSR count). The SMILES string of the molecule is COC1CCOC([C]2CCCCCCCCC2)C1. The Balaban J connectivity index is 1.82. The van der Waals surface area contributed by atoms with Crippen molar-refractivity contribution >= 4 is 0 Å². The van der Waals surface area contributed by atoms with Crippen molar-refractivity contribution in [2.45, 2.75) is 82.8 Å². The monoisotopic (exact) mass is 253 g/mol. The van der Waals surface area contributed by atoms with Crippen LogP contribution in [0.3, 0.4) is 0 Å². The molecular formula is C16H29O2. The molecule has 0 aromatic heterocycles. The average Bonchev–Trinajstić information content (AvgIpc) is 2.44. The van der Waals surface area contributed by atoms with Crippen molar-refractivity contribution in [1.29, 1.82) is 0 Å². The Morgan fingerprint density at radius 1 is 0.944 bits per heavy atom. The van der Waals surface area contributed by atoms with E-state index >= 15 is 0 Å². The van der Waals surface area contributed by atoms with Crippen molar-refractivity contribution in [3.8, 4) is 0 Å². The lowest BCUT2D eigenvalue weighted by molar-refractivity contribution is -0.0550. The van der Waals surface area contributed by atoms with Crippen LogP contribution in [0.4, 0.5) is 0 Å². The molecule has 1 aliphatic heterocycles. The summed E-state index contributed by atoms with van der Waals surface area (Å²) in [7, 11) is 1.84. The van der Waals surface area contributed by atoms with Gasteiger partial charge in [-0.3, -0.25) is 0 Å². The first-order valence-electron chi connectivity index (χ1n) is 7.89. The molecular weight excluding hydrogens is 224 g/mol. The molecule has 2 heteroatoms. The van der Waals surface area contributed by atoms with Crippen molar-refractivity contribution in [2.24, 2.45) is 0 Å².